The molecule has 0 unspecified atom stereocenters. The Balaban J connectivity index is 1.75. The largest absolute Gasteiger partial charge is 0.363 e. The Kier molecular flexibility index (Phi) is 5.90. The van der Waals surface area contributed by atoms with E-state index in [-0.39, 0.29) is 17.6 Å². The van der Waals surface area contributed by atoms with Crippen LogP contribution in [0.15, 0.2) is 6.07 Å². The van der Waals surface area contributed by atoms with Crippen LogP contribution >= 0.6 is 0 Å². The van der Waals surface area contributed by atoms with E-state index in [0.29, 0.717) is 44.7 Å². The minimum Gasteiger partial charge on any atom is -0.363 e. The van der Waals surface area contributed by atoms with Gasteiger partial charge in [-0.1, -0.05) is 0 Å². The van der Waals surface area contributed by atoms with E-state index in [0.717, 1.165) is 11.5 Å². The molecule has 1 aromatic rings. The zero-order chi connectivity index (χ0) is 16.8. The number of ketones is 1. The van der Waals surface area contributed by atoms with Crippen LogP contribution in [-0.2, 0) is 9.59 Å². The number of amides is 1. The van der Waals surface area contributed by atoms with E-state index in [1.54, 1.807) is 0 Å². The van der Waals surface area contributed by atoms with Crippen molar-refractivity contribution in [1.29, 1.82) is 0 Å². The molecule has 126 valence electrons. The van der Waals surface area contributed by atoms with E-state index < -0.39 is 0 Å². The number of aryl methyl sites for hydroxylation is 1. The maximum atomic E-state index is 12.0. The number of anilines is 2. The van der Waals surface area contributed by atoms with E-state index in [4.69, 9.17) is 0 Å². The van der Waals surface area contributed by atoms with Gasteiger partial charge in [-0.25, -0.2) is 4.98 Å². The second-order valence-corrected chi connectivity index (χ2v) is 6.12. The predicted molar refractivity (Wildman–Crippen MR) is 89.6 cm³/mol. The van der Waals surface area contributed by atoms with Crippen molar-refractivity contribution in [3.05, 3.63) is 11.8 Å². The average molecular weight is 319 g/mol. The summed E-state index contributed by atoms with van der Waals surface area (Å²) in [7, 11) is 3.86. The van der Waals surface area contributed by atoms with Crippen LogP contribution in [0.5, 0.6) is 0 Å². The maximum absolute atomic E-state index is 12.0. The second kappa shape index (κ2) is 7.89. The molecule has 0 aliphatic heterocycles. The van der Waals surface area contributed by atoms with Gasteiger partial charge in [-0.3, -0.25) is 9.59 Å². The highest BCUT2D eigenvalue weighted by atomic mass is 16.2. The first-order valence-electron chi connectivity index (χ1n) is 8.02. The smallest absolute Gasteiger partial charge is 0.224 e. The maximum Gasteiger partial charge on any atom is 0.224 e. The fourth-order valence-corrected chi connectivity index (χ4v) is 2.57. The molecule has 0 saturated heterocycles. The molecule has 23 heavy (non-hydrogen) atoms. The fourth-order valence-electron chi connectivity index (χ4n) is 2.57. The lowest BCUT2D eigenvalue weighted by atomic mass is 9.88. The predicted octanol–water partition coefficient (Wildman–Crippen LogP) is 1.14. The average Bonchev–Trinajstić information content (AvgIpc) is 2.51. The first-order chi connectivity index (χ1) is 11.0. The zero-order valence-corrected chi connectivity index (χ0v) is 14.1. The summed E-state index contributed by atoms with van der Waals surface area (Å²) in [5.74, 6) is 1.69. The molecule has 1 heterocycles. The topological polar surface area (TPSA) is 87.2 Å². The number of hydrogen-bond donors (Lipinski definition) is 2. The van der Waals surface area contributed by atoms with Gasteiger partial charge in [0.15, 0.2) is 0 Å². The summed E-state index contributed by atoms with van der Waals surface area (Å²) in [5, 5.41) is 6.04. The van der Waals surface area contributed by atoms with Gasteiger partial charge >= 0.3 is 0 Å². The van der Waals surface area contributed by atoms with Crippen molar-refractivity contribution in [3.63, 3.8) is 0 Å². The lowest BCUT2D eigenvalue weighted by Gasteiger charge is -2.20. The molecule has 2 N–H and O–H groups in total. The van der Waals surface area contributed by atoms with Gasteiger partial charge in [0, 0.05) is 57.7 Å². The number of Topliss-reactive ketones (excluding diaryl/α,β-unsaturated/α-hetero) is 1. The van der Waals surface area contributed by atoms with E-state index in [1.165, 1.54) is 0 Å². The third kappa shape index (κ3) is 5.19. The van der Waals surface area contributed by atoms with E-state index >= 15 is 0 Å². The summed E-state index contributed by atoms with van der Waals surface area (Å²) < 4.78 is 0. The molecule has 1 aliphatic rings. The van der Waals surface area contributed by atoms with E-state index in [2.05, 4.69) is 20.6 Å². The monoisotopic (exact) mass is 319 g/mol. The Hall–Kier alpha value is -2.18. The molecular weight excluding hydrogens is 294 g/mol. The number of rotatable bonds is 6. The Labute approximate surface area is 136 Å². The minimum absolute atomic E-state index is 0.0248. The highest BCUT2D eigenvalue weighted by Crippen LogP contribution is 2.21. The normalized spacial score (nSPS) is 15.3. The van der Waals surface area contributed by atoms with Crippen molar-refractivity contribution in [3.8, 4) is 0 Å². The molecule has 1 aromatic heterocycles. The van der Waals surface area contributed by atoms with Gasteiger partial charge in [0.25, 0.3) is 0 Å². The number of aromatic nitrogens is 2. The first-order valence-corrected chi connectivity index (χ1v) is 8.02. The van der Waals surface area contributed by atoms with Crippen molar-refractivity contribution in [2.24, 2.45) is 5.92 Å². The van der Waals surface area contributed by atoms with Gasteiger partial charge in [-0.2, -0.15) is 4.98 Å². The van der Waals surface area contributed by atoms with Crippen LogP contribution in [0, 0.1) is 12.8 Å². The number of nitrogens with zero attached hydrogens (tertiary/aromatic N) is 3. The van der Waals surface area contributed by atoms with Crippen LogP contribution in [0.4, 0.5) is 11.8 Å². The molecule has 0 radical (unpaired) electrons. The Bertz CT molecular complexity index is 564. The van der Waals surface area contributed by atoms with Crippen LogP contribution in [0.2, 0.25) is 0 Å². The molecule has 7 nitrogen and oxygen atoms in total. The number of carbonyl (C=O) groups excluding carboxylic acids is 2. The molecule has 1 fully saturated rings. The first kappa shape index (κ1) is 17.2. The summed E-state index contributed by atoms with van der Waals surface area (Å²) >= 11 is 0. The van der Waals surface area contributed by atoms with Crippen LogP contribution in [0.1, 0.15) is 31.4 Å². The highest BCUT2D eigenvalue weighted by Gasteiger charge is 2.24. The summed E-state index contributed by atoms with van der Waals surface area (Å²) in [6.45, 7) is 3.00. The second-order valence-electron chi connectivity index (χ2n) is 6.12. The third-order valence-corrected chi connectivity index (χ3v) is 3.92. The lowest BCUT2D eigenvalue weighted by molar-refractivity contribution is -0.128. The molecule has 1 amide bonds. The summed E-state index contributed by atoms with van der Waals surface area (Å²) in [6.07, 6.45) is 2.40. The van der Waals surface area contributed by atoms with Gasteiger partial charge in [0.2, 0.25) is 11.9 Å². The quantitative estimate of drug-likeness (QED) is 0.765. The summed E-state index contributed by atoms with van der Waals surface area (Å²) in [5.41, 5.74) is 0.891. The van der Waals surface area contributed by atoms with E-state index in [9.17, 15) is 9.59 Å². The SMILES string of the molecule is Cc1cc(N(C)C)nc(NCCNC(=O)C2CCC(=O)CC2)n1. The van der Waals surface area contributed by atoms with Crippen molar-refractivity contribution in [2.75, 3.05) is 37.4 Å². The third-order valence-electron chi connectivity index (χ3n) is 3.92. The van der Waals surface area contributed by atoms with Gasteiger partial charge in [0.05, 0.1) is 0 Å². The van der Waals surface area contributed by atoms with Gasteiger partial charge in [-0.05, 0) is 19.8 Å². The molecule has 1 saturated carbocycles. The van der Waals surface area contributed by atoms with Gasteiger partial charge < -0.3 is 15.5 Å². The van der Waals surface area contributed by atoms with Crippen molar-refractivity contribution in [1.82, 2.24) is 15.3 Å². The minimum atomic E-state index is -0.0248. The molecular formula is C16H25N5O2. The number of nitrogens with one attached hydrogen (secondary N) is 2. The zero-order valence-electron chi connectivity index (χ0n) is 14.1. The number of carbonyl (C=O) groups is 2. The van der Waals surface area contributed by atoms with E-state index in [1.807, 2.05) is 32.0 Å². The van der Waals surface area contributed by atoms with Crippen molar-refractivity contribution < 1.29 is 9.59 Å². The van der Waals surface area contributed by atoms with Crippen LogP contribution in [-0.4, -0.2) is 48.8 Å². The molecule has 0 spiro atoms. The summed E-state index contributed by atoms with van der Waals surface area (Å²) in [4.78, 5) is 33.9. The lowest BCUT2D eigenvalue weighted by Crippen LogP contribution is -2.36. The Morgan fingerprint density at radius 2 is 1.96 bits per heavy atom. The molecule has 1 aliphatic carbocycles. The standard InChI is InChI=1S/C16H25N5O2/c1-11-10-14(21(2)3)20-16(19-11)18-9-8-17-15(23)12-4-6-13(22)7-5-12/h10,12H,4-9H2,1-3H3,(H,17,23)(H,18,19,20). The molecule has 0 aromatic carbocycles. The van der Waals surface area contributed by atoms with Crippen molar-refractivity contribution in [2.45, 2.75) is 32.6 Å². The molecule has 7 heteroatoms. The van der Waals surface area contributed by atoms with Crippen LogP contribution in [0.3, 0.4) is 0 Å². The highest BCUT2D eigenvalue weighted by molar-refractivity contribution is 5.84. The Morgan fingerprint density at radius 1 is 1.26 bits per heavy atom. The summed E-state index contributed by atoms with van der Waals surface area (Å²) in [6, 6.07) is 1.91. The molecule has 0 bridgehead atoms. The van der Waals surface area contributed by atoms with Gasteiger partial charge in [0.1, 0.15) is 11.6 Å². The molecule has 2 rings (SSSR count). The van der Waals surface area contributed by atoms with Crippen molar-refractivity contribution >= 4 is 23.5 Å². The van der Waals surface area contributed by atoms with Crippen LogP contribution < -0.4 is 15.5 Å². The van der Waals surface area contributed by atoms with Gasteiger partial charge in [-0.15, -0.1) is 0 Å². The fraction of sp³-hybridized carbons (Fsp3) is 0.625. The number of hydrogen-bond acceptors (Lipinski definition) is 6. The van der Waals surface area contributed by atoms with Crippen LogP contribution in [0.25, 0.3) is 0 Å². The Morgan fingerprint density at radius 3 is 2.61 bits per heavy atom. The molecule has 0 atom stereocenters.